The lowest BCUT2D eigenvalue weighted by atomic mass is 10.1. The van der Waals surface area contributed by atoms with Crippen LogP contribution in [0.2, 0.25) is 0 Å². The predicted octanol–water partition coefficient (Wildman–Crippen LogP) is 3.99. The van der Waals surface area contributed by atoms with Crippen LogP contribution < -0.4 is 10.3 Å². The predicted molar refractivity (Wildman–Crippen MR) is 121 cm³/mol. The van der Waals surface area contributed by atoms with Gasteiger partial charge in [-0.3, -0.25) is 9.59 Å². The SMILES string of the molecule is N#Cc1cc2[nH]c(Cc3nn(CC(=O)CCC(F)F)c(=O)c4ccccc34)nc2cc1OCC(F)F. The Morgan fingerprint density at radius 3 is 2.58 bits per heavy atom. The molecule has 0 aliphatic rings. The van der Waals surface area contributed by atoms with Crippen LogP contribution in [-0.4, -0.2) is 45.0 Å². The molecule has 0 saturated heterocycles. The Kier molecular flexibility index (Phi) is 7.28. The number of ketones is 1. The molecule has 186 valence electrons. The Hall–Kier alpha value is -4.27. The summed E-state index contributed by atoms with van der Waals surface area (Å²) >= 11 is 0. The number of nitrogens with zero attached hydrogens (tertiary/aromatic N) is 4. The minimum atomic E-state index is -2.71. The molecular weight excluding hydrogens is 482 g/mol. The molecule has 2 aromatic heterocycles. The number of alkyl halides is 4. The highest BCUT2D eigenvalue weighted by Gasteiger charge is 2.17. The van der Waals surface area contributed by atoms with Crippen LogP contribution in [-0.2, 0) is 17.8 Å². The van der Waals surface area contributed by atoms with Crippen molar-refractivity contribution in [3.8, 4) is 11.8 Å². The number of benzene rings is 2. The van der Waals surface area contributed by atoms with Gasteiger partial charge in [0.25, 0.3) is 12.0 Å². The van der Waals surface area contributed by atoms with E-state index in [2.05, 4.69) is 15.1 Å². The van der Waals surface area contributed by atoms with E-state index in [-0.39, 0.29) is 24.2 Å². The first kappa shape index (κ1) is 24.8. The van der Waals surface area contributed by atoms with Gasteiger partial charge >= 0.3 is 0 Å². The molecular formula is C24H19F4N5O3. The van der Waals surface area contributed by atoms with Crippen LogP contribution in [0.3, 0.4) is 0 Å². The molecule has 0 aliphatic heterocycles. The van der Waals surface area contributed by atoms with E-state index in [4.69, 9.17) is 4.74 Å². The zero-order valence-electron chi connectivity index (χ0n) is 18.7. The number of rotatable bonds is 10. The van der Waals surface area contributed by atoms with E-state index >= 15 is 0 Å². The Bertz CT molecular complexity index is 1520. The van der Waals surface area contributed by atoms with Gasteiger partial charge in [0.1, 0.15) is 30.8 Å². The molecule has 4 rings (SSSR count). The van der Waals surface area contributed by atoms with Gasteiger partial charge in [-0.25, -0.2) is 27.2 Å². The third kappa shape index (κ3) is 5.51. The van der Waals surface area contributed by atoms with Gasteiger partial charge in [0, 0.05) is 24.3 Å². The van der Waals surface area contributed by atoms with E-state index < -0.39 is 43.8 Å². The largest absolute Gasteiger partial charge is 0.486 e. The van der Waals surface area contributed by atoms with Crippen molar-refractivity contribution in [3.05, 3.63) is 63.8 Å². The number of halogens is 4. The summed E-state index contributed by atoms with van der Waals surface area (Å²) in [5.41, 5.74) is 0.765. The van der Waals surface area contributed by atoms with Gasteiger partial charge in [-0.1, -0.05) is 18.2 Å². The highest BCUT2D eigenvalue weighted by Crippen LogP contribution is 2.26. The van der Waals surface area contributed by atoms with E-state index in [1.54, 1.807) is 24.3 Å². The van der Waals surface area contributed by atoms with Crippen LogP contribution in [0.25, 0.3) is 21.8 Å². The van der Waals surface area contributed by atoms with Crippen LogP contribution in [0, 0.1) is 11.3 Å². The lowest BCUT2D eigenvalue weighted by Gasteiger charge is -2.10. The number of ether oxygens (including phenoxy) is 1. The molecule has 4 aromatic rings. The molecule has 0 spiro atoms. The second-order valence-electron chi connectivity index (χ2n) is 7.96. The monoisotopic (exact) mass is 501 g/mol. The number of aromatic amines is 1. The van der Waals surface area contributed by atoms with E-state index in [0.717, 1.165) is 4.68 Å². The Labute approximate surface area is 201 Å². The zero-order chi connectivity index (χ0) is 25.8. The minimum Gasteiger partial charge on any atom is -0.486 e. The number of imidazole rings is 1. The van der Waals surface area contributed by atoms with Crippen molar-refractivity contribution >= 4 is 27.6 Å². The van der Waals surface area contributed by atoms with E-state index in [0.29, 0.717) is 33.3 Å². The number of nitriles is 1. The molecule has 0 radical (unpaired) electrons. The average molecular weight is 501 g/mol. The molecule has 12 heteroatoms. The highest BCUT2D eigenvalue weighted by atomic mass is 19.3. The maximum Gasteiger partial charge on any atom is 0.275 e. The molecule has 0 unspecified atom stereocenters. The number of hydrogen-bond acceptors (Lipinski definition) is 6. The number of carbonyl (C=O) groups is 1. The van der Waals surface area contributed by atoms with Crippen LogP contribution in [0.5, 0.6) is 5.75 Å². The van der Waals surface area contributed by atoms with E-state index in [9.17, 15) is 32.4 Å². The lowest BCUT2D eigenvalue weighted by Crippen LogP contribution is -2.28. The fraction of sp³-hybridized carbons (Fsp3) is 0.292. The minimum absolute atomic E-state index is 0.0252. The zero-order valence-corrected chi connectivity index (χ0v) is 18.7. The van der Waals surface area contributed by atoms with Gasteiger partial charge in [-0.2, -0.15) is 10.4 Å². The third-order valence-electron chi connectivity index (χ3n) is 5.36. The summed E-state index contributed by atoms with van der Waals surface area (Å²) < 4.78 is 56.0. The maximum absolute atomic E-state index is 12.8. The standard InChI is InChI=1S/C24H19F4N5O3/c25-21(26)6-5-14(34)11-33-24(35)16-4-2-1-3-15(16)17(32-33)9-23-30-18-7-13(10-29)20(8-19(18)31-23)36-12-22(27)28/h1-4,7-8,21-22H,5-6,9,11-12H2,(H,30,31). The van der Waals surface area contributed by atoms with Gasteiger partial charge < -0.3 is 9.72 Å². The smallest absolute Gasteiger partial charge is 0.275 e. The first-order valence-corrected chi connectivity index (χ1v) is 10.9. The van der Waals surface area contributed by atoms with Crippen molar-refractivity contribution in [1.82, 2.24) is 19.7 Å². The van der Waals surface area contributed by atoms with Crippen molar-refractivity contribution in [2.45, 2.75) is 38.7 Å². The summed E-state index contributed by atoms with van der Waals surface area (Å²) in [7, 11) is 0. The average Bonchev–Trinajstić information content (AvgIpc) is 3.24. The fourth-order valence-electron chi connectivity index (χ4n) is 3.75. The second-order valence-corrected chi connectivity index (χ2v) is 7.96. The summed E-state index contributed by atoms with van der Waals surface area (Å²) in [6.45, 7) is -1.31. The van der Waals surface area contributed by atoms with Crippen LogP contribution in [0.15, 0.2) is 41.2 Å². The lowest BCUT2D eigenvalue weighted by molar-refractivity contribution is -0.120. The van der Waals surface area contributed by atoms with Gasteiger partial charge in [0.15, 0.2) is 5.78 Å². The normalized spacial score (nSPS) is 11.5. The fourth-order valence-corrected chi connectivity index (χ4v) is 3.75. The quantitative estimate of drug-likeness (QED) is 0.329. The van der Waals surface area contributed by atoms with Crippen molar-refractivity contribution in [1.29, 1.82) is 5.26 Å². The summed E-state index contributed by atoms with van der Waals surface area (Å²) in [6, 6.07) is 11.3. The number of hydrogen-bond donors (Lipinski definition) is 1. The molecule has 0 atom stereocenters. The molecule has 0 fully saturated rings. The molecule has 0 bridgehead atoms. The highest BCUT2D eigenvalue weighted by molar-refractivity contribution is 5.85. The number of fused-ring (bicyclic) bond motifs is 2. The number of Topliss-reactive ketones (excluding diaryl/α,β-unsaturated/α-hetero) is 1. The number of H-pyrrole nitrogens is 1. The van der Waals surface area contributed by atoms with Crippen molar-refractivity contribution in [2.24, 2.45) is 0 Å². The summed E-state index contributed by atoms with van der Waals surface area (Å²) in [6.07, 6.45) is -6.22. The number of nitrogens with one attached hydrogen (secondary N) is 1. The van der Waals surface area contributed by atoms with Crippen LogP contribution in [0.4, 0.5) is 17.6 Å². The number of aromatic nitrogens is 4. The Morgan fingerprint density at radius 1 is 1.14 bits per heavy atom. The molecule has 8 nitrogen and oxygen atoms in total. The summed E-state index contributed by atoms with van der Waals surface area (Å²) in [5.74, 6) is -0.176. The van der Waals surface area contributed by atoms with Crippen LogP contribution >= 0.6 is 0 Å². The molecule has 2 aromatic carbocycles. The van der Waals surface area contributed by atoms with E-state index in [1.807, 2.05) is 6.07 Å². The molecule has 0 saturated carbocycles. The first-order valence-electron chi connectivity index (χ1n) is 10.9. The third-order valence-corrected chi connectivity index (χ3v) is 5.36. The van der Waals surface area contributed by atoms with Gasteiger partial charge in [0.05, 0.1) is 34.1 Å². The number of carbonyl (C=O) groups excluding carboxylic acids is 1. The first-order chi connectivity index (χ1) is 17.2. The molecule has 36 heavy (non-hydrogen) atoms. The van der Waals surface area contributed by atoms with Crippen molar-refractivity contribution in [2.75, 3.05) is 6.61 Å². The topological polar surface area (TPSA) is 114 Å². The van der Waals surface area contributed by atoms with E-state index in [1.165, 1.54) is 12.1 Å². The Morgan fingerprint density at radius 2 is 1.89 bits per heavy atom. The molecule has 0 amide bonds. The summed E-state index contributed by atoms with van der Waals surface area (Å²) in [4.78, 5) is 32.5. The van der Waals surface area contributed by atoms with Gasteiger partial charge in [0.2, 0.25) is 6.43 Å². The second kappa shape index (κ2) is 10.6. The molecule has 0 aliphatic carbocycles. The Balaban J connectivity index is 1.69. The maximum atomic E-state index is 12.8. The molecule has 2 heterocycles. The molecule has 1 N–H and O–H groups in total. The van der Waals surface area contributed by atoms with Crippen molar-refractivity contribution in [3.63, 3.8) is 0 Å². The van der Waals surface area contributed by atoms with Crippen molar-refractivity contribution < 1.29 is 27.1 Å². The van der Waals surface area contributed by atoms with Gasteiger partial charge in [-0.15, -0.1) is 0 Å². The van der Waals surface area contributed by atoms with Crippen LogP contribution in [0.1, 0.15) is 29.9 Å². The van der Waals surface area contributed by atoms with Gasteiger partial charge in [-0.05, 0) is 12.1 Å². The summed E-state index contributed by atoms with van der Waals surface area (Å²) in [5, 5.41) is 14.5.